The summed E-state index contributed by atoms with van der Waals surface area (Å²) in [6, 6.07) is 13.9. The molecular weight excluding hydrogens is 384 g/mol. The number of hydrogen-bond donors (Lipinski definition) is 1. The second-order valence-corrected chi connectivity index (χ2v) is 6.44. The van der Waals surface area contributed by atoms with Crippen LogP contribution < -0.4 is 14.8 Å². The van der Waals surface area contributed by atoms with Gasteiger partial charge in [-0.1, -0.05) is 13.0 Å². The number of rotatable bonds is 9. The Labute approximate surface area is 175 Å². The van der Waals surface area contributed by atoms with Crippen LogP contribution in [0.25, 0.3) is 10.9 Å². The molecule has 0 saturated heterocycles. The van der Waals surface area contributed by atoms with Crippen LogP contribution in [-0.4, -0.2) is 36.7 Å². The first-order valence-electron chi connectivity index (χ1n) is 9.82. The number of benzene rings is 2. The molecule has 3 aromatic rings. The van der Waals surface area contributed by atoms with Gasteiger partial charge in [-0.2, -0.15) is 0 Å². The predicted molar refractivity (Wildman–Crippen MR) is 114 cm³/mol. The van der Waals surface area contributed by atoms with E-state index in [1.807, 2.05) is 26.0 Å². The van der Waals surface area contributed by atoms with Crippen LogP contribution in [0, 0.1) is 0 Å². The third-order valence-corrected chi connectivity index (χ3v) is 4.20. The number of ether oxygens (including phenoxy) is 3. The standard InChI is InChI=1S/C23H24N2O5/c1-3-13-29-20-11-10-16(14-21(20)28-4-2)23(27)30-15-22(26)25-19-9-5-8-18-17(19)7-6-12-24-18/h5-12,14H,3-4,13,15H2,1-2H3,(H,25,26). The van der Waals surface area contributed by atoms with Crippen LogP contribution in [0.1, 0.15) is 30.6 Å². The normalized spacial score (nSPS) is 10.5. The molecule has 0 saturated carbocycles. The molecule has 156 valence electrons. The second-order valence-electron chi connectivity index (χ2n) is 6.44. The highest BCUT2D eigenvalue weighted by Gasteiger charge is 2.15. The third kappa shape index (κ3) is 5.26. The number of nitrogens with one attached hydrogen (secondary N) is 1. The summed E-state index contributed by atoms with van der Waals surface area (Å²) in [6.45, 7) is 4.43. The fourth-order valence-electron chi connectivity index (χ4n) is 2.85. The van der Waals surface area contributed by atoms with Gasteiger partial charge in [-0.3, -0.25) is 9.78 Å². The highest BCUT2D eigenvalue weighted by molar-refractivity contribution is 6.02. The van der Waals surface area contributed by atoms with E-state index in [9.17, 15) is 9.59 Å². The van der Waals surface area contributed by atoms with Crippen molar-refractivity contribution in [1.29, 1.82) is 0 Å². The number of carbonyl (C=O) groups is 2. The van der Waals surface area contributed by atoms with Crippen molar-refractivity contribution in [2.24, 2.45) is 0 Å². The van der Waals surface area contributed by atoms with Crippen molar-refractivity contribution in [2.45, 2.75) is 20.3 Å². The average Bonchev–Trinajstić information content (AvgIpc) is 2.77. The van der Waals surface area contributed by atoms with Gasteiger partial charge in [0.15, 0.2) is 18.1 Å². The first-order valence-corrected chi connectivity index (χ1v) is 9.82. The molecule has 0 unspecified atom stereocenters. The summed E-state index contributed by atoms with van der Waals surface area (Å²) in [6.07, 6.45) is 2.54. The Morgan fingerprint density at radius 2 is 1.87 bits per heavy atom. The van der Waals surface area contributed by atoms with E-state index in [0.717, 1.165) is 17.3 Å². The van der Waals surface area contributed by atoms with E-state index in [0.29, 0.717) is 30.4 Å². The first-order chi connectivity index (χ1) is 14.6. The molecule has 0 atom stereocenters. The lowest BCUT2D eigenvalue weighted by Crippen LogP contribution is -2.21. The molecule has 0 aliphatic rings. The number of anilines is 1. The Balaban J connectivity index is 1.63. The van der Waals surface area contributed by atoms with Crippen LogP contribution in [0.2, 0.25) is 0 Å². The van der Waals surface area contributed by atoms with Crippen LogP contribution >= 0.6 is 0 Å². The van der Waals surface area contributed by atoms with Crippen molar-refractivity contribution in [3.63, 3.8) is 0 Å². The van der Waals surface area contributed by atoms with Gasteiger partial charge in [-0.15, -0.1) is 0 Å². The summed E-state index contributed by atoms with van der Waals surface area (Å²) in [5.74, 6) is -0.0222. The van der Waals surface area contributed by atoms with Gasteiger partial charge in [-0.25, -0.2) is 4.79 Å². The zero-order valence-electron chi connectivity index (χ0n) is 17.0. The Kier molecular flexibility index (Phi) is 7.21. The number of esters is 1. The lowest BCUT2D eigenvalue weighted by atomic mass is 10.2. The van der Waals surface area contributed by atoms with Gasteiger partial charge in [0.25, 0.3) is 5.91 Å². The zero-order valence-corrected chi connectivity index (χ0v) is 17.0. The van der Waals surface area contributed by atoms with Crippen LogP contribution in [-0.2, 0) is 9.53 Å². The molecule has 1 N–H and O–H groups in total. The summed E-state index contributed by atoms with van der Waals surface area (Å²) in [7, 11) is 0. The van der Waals surface area contributed by atoms with E-state index in [1.54, 1.807) is 42.6 Å². The number of aromatic nitrogens is 1. The van der Waals surface area contributed by atoms with E-state index in [2.05, 4.69) is 10.3 Å². The van der Waals surface area contributed by atoms with Crippen molar-refractivity contribution in [3.05, 3.63) is 60.3 Å². The molecule has 0 aliphatic heterocycles. The number of fused-ring (bicyclic) bond motifs is 1. The summed E-state index contributed by atoms with van der Waals surface area (Å²) in [5.41, 5.74) is 1.66. The number of carbonyl (C=O) groups excluding carboxylic acids is 2. The summed E-state index contributed by atoms with van der Waals surface area (Å²) < 4.78 is 16.3. The smallest absolute Gasteiger partial charge is 0.338 e. The monoisotopic (exact) mass is 408 g/mol. The minimum Gasteiger partial charge on any atom is -0.490 e. The molecule has 30 heavy (non-hydrogen) atoms. The molecule has 7 nitrogen and oxygen atoms in total. The molecule has 0 aliphatic carbocycles. The van der Waals surface area contributed by atoms with Crippen molar-refractivity contribution in [2.75, 3.05) is 25.1 Å². The molecule has 1 heterocycles. The minimum absolute atomic E-state index is 0.282. The number of nitrogens with zero attached hydrogens (tertiary/aromatic N) is 1. The molecule has 1 amide bonds. The van der Waals surface area contributed by atoms with Gasteiger partial charge in [0.05, 0.1) is 30.0 Å². The summed E-state index contributed by atoms with van der Waals surface area (Å²) in [5, 5.41) is 3.56. The van der Waals surface area contributed by atoms with Gasteiger partial charge in [-0.05, 0) is 55.8 Å². The zero-order chi connectivity index (χ0) is 21.3. The van der Waals surface area contributed by atoms with E-state index < -0.39 is 18.5 Å². The average molecular weight is 408 g/mol. The highest BCUT2D eigenvalue weighted by atomic mass is 16.5. The van der Waals surface area contributed by atoms with Gasteiger partial charge in [0.1, 0.15) is 0 Å². The topological polar surface area (TPSA) is 86.8 Å². The van der Waals surface area contributed by atoms with Crippen molar-refractivity contribution in [3.8, 4) is 11.5 Å². The highest BCUT2D eigenvalue weighted by Crippen LogP contribution is 2.29. The van der Waals surface area contributed by atoms with Crippen LogP contribution in [0.15, 0.2) is 54.7 Å². The maximum atomic E-state index is 12.4. The predicted octanol–water partition coefficient (Wildman–Crippen LogP) is 4.22. The molecule has 0 spiro atoms. The fraction of sp³-hybridized carbons (Fsp3) is 0.261. The van der Waals surface area contributed by atoms with Gasteiger partial charge in [0.2, 0.25) is 0 Å². The summed E-state index contributed by atoms with van der Waals surface area (Å²) in [4.78, 5) is 28.9. The van der Waals surface area contributed by atoms with Crippen molar-refractivity contribution >= 4 is 28.5 Å². The molecule has 0 radical (unpaired) electrons. The van der Waals surface area contributed by atoms with Gasteiger partial charge in [0, 0.05) is 11.6 Å². The maximum Gasteiger partial charge on any atom is 0.338 e. The molecule has 7 heteroatoms. The van der Waals surface area contributed by atoms with Crippen LogP contribution in [0.5, 0.6) is 11.5 Å². The fourth-order valence-corrected chi connectivity index (χ4v) is 2.85. The summed E-state index contributed by atoms with van der Waals surface area (Å²) >= 11 is 0. The SMILES string of the molecule is CCCOc1ccc(C(=O)OCC(=O)Nc2cccc3ncccc23)cc1OCC. The number of amides is 1. The van der Waals surface area contributed by atoms with E-state index in [-0.39, 0.29) is 5.56 Å². The van der Waals surface area contributed by atoms with Crippen molar-refractivity contribution < 1.29 is 23.8 Å². The number of hydrogen-bond acceptors (Lipinski definition) is 6. The maximum absolute atomic E-state index is 12.4. The second kappa shape index (κ2) is 10.2. The van der Waals surface area contributed by atoms with Gasteiger partial charge >= 0.3 is 5.97 Å². The lowest BCUT2D eigenvalue weighted by molar-refractivity contribution is -0.119. The van der Waals surface area contributed by atoms with Crippen molar-refractivity contribution in [1.82, 2.24) is 4.98 Å². The van der Waals surface area contributed by atoms with E-state index >= 15 is 0 Å². The van der Waals surface area contributed by atoms with E-state index in [4.69, 9.17) is 14.2 Å². The van der Waals surface area contributed by atoms with E-state index in [1.165, 1.54) is 0 Å². The Morgan fingerprint density at radius 1 is 1.00 bits per heavy atom. The molecular formula is C23H24N2O5. The quantitative estimate of drug-likeness (QED) is 0.534. The first kappa shape index (κ1) is 21.1. The van der Waals surface area contributed by atoms with Crippen LogP contribution in [0.4, 0.5) is 5.69 Å². The Hall–Kier alpha value is -3.61. The Morgan fingerprint density at radius 3 is 2.67 bits per heavy atom. The van der Waals surface area contributed by atoms with Crippen LogP contribution in [0.3, 0.4) is 0 Å². The molecule has 3 rings (SSSR count). The Bertz CT molecular complexity index is 1030. The third-order valence-electron chi connectivity index (χ3n) is 4.20. The lowest BCUT2D eigenvalue weighted by Gasteiger charge is -2.13. The molecule has 0 bridgehead atoms. The minimum atomic E-state index is -0.618. The largest absolute Gasteiger partial charge is 0.490 e. The molecule has 1 aromatic heterocycles. The number of pyridine rings is 1. The van der Waals surface area contributed by atoms with Gasteiger partial charge < -0.3 is 19.5 Å². The molecule has 0 fully saturated rings. The molecule has 2 aromatic carbocycles.